The molecule has 1 aliphatic heterocycles. The smallest absolute Gasteiger partial charge is 0.0395 e. The Bertz CT molecular complexity index is 470. The molecule has 0 saturated carbocycles. The fourth-order valence-electron chi connectivity index (χ4n) is 2.11. The lowest BCUT2D eigenvalue weighted by Gasteiger charge is -2.41. The normalized spacial score (nSPS) is 17.5. The quantitative estimate of drug-likeness (QED) is 0.903. The molecular weight excluding hydrogens is 302 g/mol. The molecular formula is C15H22BrN3. The maximum Gasteiger partial charge on any atom is 0.0395 e. The van der Waals surface area contributed by atoms with Gasteiger partial charge in [-0.05, 0) is 23.6 Å². The molecule has 3 nitrogen and oxygen atoms in total. The topological polar surface area (TPSA) is 32.5 Å². The molecule has 1 heterocycles. The Balaban J connectivity index is 2.08. The number of nitrogens with two attached hydrogens (primary N) is 1. The van der Waals surface area contributed by atoms with Crippen LogP contribution in [0.3, 0.4) is 0 Å². The van der Waals surface area contributed by atoms with E-state index in [1.54, 1.807) is 0 Å². The number of hydrazine groups is 1. The van der Waals surface area contributed by atoms with Crippen LogP contribution in [0.25, 0.3) is 5.70 Å². The van der Waals surface area contributed by atoms with E-state index in [-0.39, 0.29) is 0 Å². The van der Waals surface area contributed by atoms with Crippen molar-refractivity contribution in [2.75, 3.05) is 20.1 Å². The molecule has 2 rings (SSSR count). The van der Waals surface area contributed by atoms with Crippen molar-refractivity contribution in [3.63, 3.8) is 0 Å². The first kappa shape index (κ1) is 14.6. The summed E-state index contributed by atoms with van der Waals surface area (Å²) in [5.74, 6) is 0. The number of unbranched alkanes of at least 4 members (excludes halogenated alkanes) is 1. The molecule has 0 bridgehead atoms. The highest BCUT2D eigenvalue weighted by atomic mass is 79.9. The summed E-state index contributed by atoms with van der Waals surface area (Å²) in [7, 11) is 2.12. The van der Waals surface area contributed by atoms with Crippen LogP contribution in [0.5, 0.6) is 0 Å². The number of likely N-dealkylation sites (N-methyl/N-ethyl adjacent to an activating group) is 1. The molecule has 0 aromatic heterocycles. The first-order valence-corrected chi connectivity index (χ1v) is 7.61. The number of hydrogen-bond acceptors (Lipinski definition) is 3. The van der Waals surface area contributed by atoms with Crippen molar-refractivity contribution in [3.05, 3.63) is 39.9 Å². The number of allylic oxidation sites excluding steroid dienone is 1. The molecule has 4 heteroatoms. The largest absolute Gasteiger partial charge is 0.399 e. The van der Waals surface area contributed by atoms with E-state index in [0.717, 1.165) is 48.2 Å². The SMILES string of the molecule is CCCC=C(N)c1ccc(CN2CCN2C)c(Br)c1. The Morgan fingerprint density at radius 2 is 2.21 bits per heavy atom. The van der Waals surface area contributed by atoms with Gasteiger partial charge in [-0.3, -0.25) is 0 Å². The summed E-state index contributed by atoms with van der Waals surface area (Å²) in [6, 6.07) is 6.40. The van der Waals surface area contributed by atoms with Gasteiger partial charge in [-0.15, -0.1) is 0 Å². The molecule has 1 aromatic rings. The van der Waals surface area contributed by atoms with Crippen molar-refractivity contribution < 1.29 is 0 Å². The lowest BCUT2D eigenvalue weighted by Crippen LogP contribution is -2.53. The van der Waals surface area contributed by atoms with Crippen LogP contribution in [-0.4, -0.2) is 30.2 Å². The van der Waals surface area contributed by atoms with Gasteiger partial charge in [-0.2, -0.15) is 0 Å². The van der Waals surface area contributed by atoms with Gasteiger partial charge in [-0.25, -0.2) is 10.0 Å². The second kappa shape index (κ2) is 6.55. The summed E-state index contributed by atoms with van der Waals surface area (Å²) < 4.78 is 1.14. The molecule has 104 valence electrons. The fraction of sp³-hybridized carbons (Fsp3) is 0.467. The van der Waals surface area contributed by atoms with E-state index >= 15 is 0 Å². The maximum absolute atomic E-state index is 6.08. The molecule has 1 fully saturated rings. The third-order valence-electron chi connectivity index (χ3n) is 3.56. The minimum atomic E-state index is 0.871. The zero-order valence-electron chi connectivity index (χ0n) is 11.7. The van der Waals surface area contributed by atoms with E-state index in [1.165, 1.54) is 5.56 Å². The molecule has 0 radical (unpaired) electrons. The Labute approximate surface area is 124 Å². The van der Waals surface area contributed by atoms with Crippen molar-refractivity contribution in [2.45, 2.75) is 26.3 Å². The van der Waals surface area contributed by atoms with Gasteiger partial charge in [0.15, 0.2) is 0 Å². The van der Waals surface area contributed by atoms with Crippen molar-refractivity contribution in [2.24, 2.45) is 5.73 Å². The van der Waals surface area contributed by atoms with Gasteiger partial charge in [0.05, 0.1) is 0 Å². The number of hydrogen-bond donors (Lipinski definition) is 1. The number of benzene rings is 1. The second-order valence-corrected chi connectivity index (χ2v) is 5.88. The summed E-state index contributed by atoms with van der Waals surface area (Å²) in [6.45, 7) is 5.41. The molecule has 0 spiro atoms. The van der Waals surface area contributed by atoms with Crippen LogP contribution in [-0.2, 0) is 6.54 Å². The second-order valence-electron chi connectivity index (χ2n) is 5.02. The highest BCUT2D eigenvalue weighted by Gasteiger charge is 2.21. The number of nitrogens with zero attached hydrogens (tertiary/aromatic N) is 2. The molecule has 1 aromatic carbocycles. The molecule has 0 atom stereocenters. The first-order chi connectivity index (χ1) is 9.11. The van der Waals surface area contributed by atoms with E-state index in [1.807, 2.05) is 0 Å². The third-order valence-corrected chi connectivity index (χ3v) is 4.29. The van der Waals surface area contributed by atoms with Gasteiger partial charge in [0.2, 0.25) is 0 Å². The average Bonchev–Trinajstić information content (AvgIpc) is 2.41. The molecule has 19 heavy (non-hydrogen) atoms. The monoisotopic (exact) mass is 323 g/mol. The Hall–Kier alpha value is -0.840. The third kappa shape index (κ3) is 3.59. The fourth-order valence-corrected chi connectivity index (χ4v) is 2.61. The Morgan fingerprint density at radius 1 is 1.42 bits per heavy atom. The van der Waals surface area contributed by atoms with Crippen molar-refractivity contribution in [1.29, 1.82) is 0 Å². The lowest BCUT2D eigenvalue weighted by atomic mass is 10.1. The van der Waals surface area contributed by atoms with E-state index < -0.39 is 0 Å². The Morgan fingerprint density at radius 3 is 2.74 bits per heavy atom. The summed E-state index contributed by atoms with van der Waals surface area (Å²) in [5, 5.41) is 4.58. The highest BCUT2D eigenvalue weighted by molar-refractivity contribution is 9.10. The molecule has 2 N–H and O–H groups in total. The van der Waals surface area contributed by atoms with E-state index in [9.17, 15) is 0 Å². The van der Waals surface area contributed by atoms with Gasteiger partial charge in [0, 0.05) is 36.9 Å². The highest BCUT2D eigenvalue weighted by Crippen LogP contribution is 2.24. The van der Waals surface area contributed by atoms with Crippen molar-refractivity contribution in [1.82, 2.24) is 10.0 Å². The molecule has 0 unspecified atom stereocenters. The van der Waals surface area contributed by atoms with Crippen LogP contribution >= 0.6 is 15.9 Å². The lowest BCUT2D eigenvalue weighted by molar-refractivity contribution is -0.0966. The average molecular weight is 324 g/mol. The first-order valence-electron chi connectivity index (χ1n) is 6.82. The summed E-state index contributed by atoms with van der Waals surface area (Å²) in [4.78, 5) is 0. The predicted molar refractivity (Wildman–Crippen MR) is 84.3 cm³/mol. The summed E-state index contributed by atoms with van der Waals surface area (Å²) >= 11 is 3.66. The van der Waals surface area contributed by atoms with Crippen LogP contribution in [0.4, 0.5) is 0 Å². The van der Waals surface area contributed by atoms with Crippen LogP contribution in [0, 0.1) is 0 Å². The van der Waals surface area contributed by atoms with Gasteiger partial charge < -0.3 is 5.73 Å². The zero-order chi connectivity index (χ0) is 13.8. The minimum Gasteiger partial charge on any atom is -0.399 e. The molecule has 0 amide bonds. The standard InChI is InChI=1S/C15H22BrN3/c1-3-4-5-15(17)12-6-7-13(14(16)10-12)11-19-9-8-18(19)2/h5-7,10H,3-4,8-9,11,17H2,1-2H3. The van der Waals surface area contributed by atoms with Gasteiger partial charge in [0.25, 0.3) is 0 Å². The zero-order valence-corrected chi connectivity index (χ0v) is 13.3. The van der Waals surface area contributed by atoms with Gasteiger partial charge >= 0.3 is 0 Å². The number of rotatable bonds is 5. The van der Waals surface area contributed by atoms with Crippen LogP contribution in [0.2, 0.25) is 0 Å². The minimum absolute atomic E-state index is 0.871. The molecule has 0 aliphatic carbocycles. The van der Waals surface area contributed by atoms with Crippen LogP contribution < -0.4 is 5.73 Å². The molecule has 1 saturated heterocycles. The van der Waals surface area contributed by atoms with Crippen LogP contribution in [0.1, 0.15) is 30.9 Å². The Kier molecular flexibility index (Phi) is 5.02. The van der Waals surface area contributed by atoms with E-state index in [0.29, 0.717) is 0 Å². The maximum atomic E-state index is 6.08. The summed E-state index contributed by atoms with van der Waals surface area (Å²) in [6.07, 6.45) is 4.26. The molecule has 1 aliphatic rings. The van der Waals surface area contributed by atoms with E-state index in [2.05, 4.69) is 64.2 Å². The van der Waals surface area contributed by atoms with Gasteiger partial charge in [0.1, 0.15) is 0 Å². The summed E-state index contributed by atoms with van der Waals surface area (Å²) in [5.41, 5.74) is 9.36. The van der Waals surface area contributed by atoms with Crippen molar-refractivity contribution >= 4 is 21.6 Å². The van der Waals surface area contributed by atoms with Gasteiger partial charge in [-0.1, -0.05) is 47.5 Å². The van der Waals surface area contributed by atoms with Crippen molar-refractivity contribution in [3.8, 4) is 0 Å². The van der Waals surface area contributed by atoms with Crippen LogP contribution in [0.15, 0.2) is 28.7 Å². The predicted octanol–water partition coefficient (Wildman–Crippen LogP) is 3.21. The number of halogens is 1. The van der Waals surface area contributed by atoms with E-state index in [4.69, 9.17) is 5.73 Å².